The molecule has 0 spiro atoms. The summed E-state index contributed by atoms with van der Waals surface area (Å²) in [7, 11) is 1.25. The van der Waals surface area contributed by atoms with Gasteiger partial charge < -0.3 is 14.4 Å². The van der Waals surface area contributed by atoms with Crippen LogP contribution in [0.3, 0.4) is 0 Å². The van der Waals surface area contributed by atoms with Crippen molar-refractivity contribution < 1.29 is 14.6 Å². The number of aliphatic hydroxyl groups is 1. The van der Waals surface area contributed by atoms with Gasteiger partial charge in [0.05, 0.1) is 18.8 Å². The van der Waals surface area contributed by atoms with E-state index in [1.807, 2.05) is 0 Å². The van der Waals surface area contributed by atoms with Crippen LogP contribution in [0.4, 0.5) is 0 Å². The Morgan fingerprint density at radius 1 is 1.61 bits per heavy atom. The Balaban J connectivity index is 2.60. The lowest BCUT2D eigenvalue weighted by molar-refractivity contribution is 0.0599. The molecule has 2 heterocycles. The number of rotatable bonds is 3. The average molecular weight is 251 g/mol. The number of fused-ring (bicyclic) bond motifs is 1. The van der Waals surface area contributed by atoms with Gasteiger partial charge in [-0.25, -0.2) is 9.89 Å². The Bertz CT molecular complexity index is 599. The highest BCUT2D eigenvalue weighted by Gasteiger charge is 2.21. The summed E-state index contributed by atoms with van der Waals surface area (Å²) in [5.74, 6) is -0.577. The van der Waals surface area contributed by atoms with E-state index in [9.17, 15) is 14.7 Å². The number of carbonyl (C=O) groups excluding carboxylic acids is 1. The van der Waals surface area contributed by atoms with Gasteiger partial charge in [0.2, 0.25) is 0 Å². The van der Waals surface area contributed by atoms with Crippen LogP contribution in [0.2, 0.25) is 0 Å². The molecule has 0 aromatic carbocycles. The molecule has 0 saturated carbocycles. The van der Waals surface area contributed by atoms with Gasteiger partial charge in [0.1, 0.15) is 11.3 Å². The highest BCUT2D eigenvalue weighted by molar-refractivity contribution is 5.95. The number of aromatic nitrogens is 3. The third-order valence-corrected chi connectivity index (χ3v) is 2.49. The fourth-order valence-corrected chi connectivity index (χ4v) is 1.76. The lowest BCUT2D eigenvalue weighted by atomic mass is 10.1. The summed E-state index contributed by atoms with van der Waals surface area (Å²) in [6, 6.07) is 0. The topological polar surface area (TPSA) is 97.2 Å². The molecule has 0 radical (unpaired) electrons. The summed E-state index contributed by atoms with van der Waals surface area (Å²) in [6.45, 7) is 1.88. The van der Waals surface area contributed by atoms with Gasteiger partial charge in [-0.05, 0) is 6.92 Å². The van der Waals surface area contributed by atoms with Crippen LogP contribution >= 0.6 is 0 Å². The molecule has 18 heavy (non-hydrogen) atoms. The Hall–Kier alpha value is -2.15. The predicted molar refractivity (Wildman–Crippen MR) is 62.5 cm³/mol. The summed E-state index contributed by atoms with van der Waals surface area (Å²) in [5, 5.41) is 15.4. The number of carbonyl (C=O) groups is 1. The molecule has 7 heteroatoms. The third-order valence-electron chi connectivity index (χ3n) is 2.49. The zero-order valence-corrected chi connectivity index (χ0v) is 10.0. The molecular formula is C11H13N3O4. The van der Waals surface area contributed by atoms with Crippen molar-refractivity contribution in [1.82, 2.24) is 14.8 Å². The minimum absolute atomic E-state index is 0.189. The van der Waals surface area contributed by atoms with Crippen LogP contribution in [0.5, 0.6) is 0 Å². The van der Waals surface area contributed by atoms with Crippen LogP contribution in [0.15, 0.2) is 17.2 Å². The molecule has 2 aliphatic heterocycles. The Labute approximate surface area is 102 Å². The van der Waals surface area contributed by atoms with Crippen LogP contribution in [-0.2, 0) is 11.3 Å². The summed E-state index contributed by atoms with van der Waals surface area (Å²) >= 11 is 0. The number of hydrogen-bond acceptors (Lipinski definition) is 5. The molecular weight excluding hydrogens is 238 g/mol. The Morgan fingerprint density at radius 2 is 2.33 bits per heavy atom. The van der Waals surface area contributed by atoms with E-state index in [1.54, 1.807) is 17.7 Å². The van der Waals surface area contributed by atoms with Crippen molar-refractivity contribution in [2.75, 3.05) is 7.11 Å². The number of ether oxygens (including phenoxy) is 1. The predicted octanol–water partition coefficient (Wildman–Crippen LogP) is -0.156. The van der Waals surface area contributed by atoms with Gasteiger partial charge in [-0.3, -0.25) is 4.79 Å². The van der Waals surface area contributed by atoms with Crippen LogP contribution in [-0.4, -0.2) is 39.1 Å². The second-order valence-electron chi connectivity index (χ2n) is 4.02. The Kier molecular flexibility index (Phi) is 3.15. The lowest BCUT2D eigenvalue weighted by Gasteiger charge is -2.12. The van der Waals surface area contributed by atoms with Crippen LogP contribution in [0.1, 0.15) is 17.3 Å². The monoisotopic (exact) mass is 251 g/mol. The molecule has 0 aliphatic carbocycles. The summed E-state index contributed by atoms with van der Waals surface area (Å²) in [4.78, 5) is 23.2. The molecule has 2 rings (SSSR count). The van der Waals surface area contributed by atoms with E-state index in [4.69, 9.17) is 0 Å². The normalized spacial score (nSPS) is 12.6. The van der Waals surface area contributed by atoms with E-state index in [1.165, 1.54) is 13.3 Å². The highest BCUT2D eigenvalue weighted by Crippen LogP contribution is 2.20. The molecule has 0 aromatic rings. The van der Waals surface area contributed by atoms with Crippen molar-refractivity contribution >= 4 is 5.97 Å². The van der Waals surface area contributed by atoms with Crippen molar-refractivity contribution in [1.29, 1.82) is 0 Å². The van der Waals surface area contributed by atoms with Crippen LogP contribution < -0.4 is 5.56 Å². The summed E-state index contributed by atoms with van der Waals surface area (Å²) < 4.78 is 6.21. The zero-order chi connectivity index (χ0) is 13.3. The van der Waals surface area contributed by atoms with E-state index in [-0.39, 0.29) is 23.4 Å². The molecule has 0 fully saturated rings. The van der Waals surface area contributed by atoms with E-state index < -0.39 is 12.1 Å². The van der Waals surface area contributed by atoms with Crippen molar-refractivity contribution in [2.45, 2.75) is 19.6 Å². The average Bonchev–Trinajstić information content (AvgIpc) is 2.69. The molecule has 0 amide bonds. The zero-order valence-electron chi connectivity index (χ0n) is 10.0. The minimum atomic E-state index is -0.597. The molecule has 0 bridgehead atoms. The molecule has 96 valence electrons. The van der Waals surface area contributed by atoms with Crippen molar-refractivity contribution in [3.8, 4) is 11.3 Å². The minimum Gasteiger partial charge on any atom is -0.465 e. The van der Waals surface area contributed by atoms with Gasteiger partial charge >= 0.3 is 5.97 Å². The lowest BCUT2D eigenvalue weighted by Crippen LogP contribution is -2.16. The maximum atomic E-state index is 11.6. The molecule has 0 unspecified atom stereocenters. The fraction of sp³-hybridized carbons (Fsp3) is 0.364. The van der Waals surface area contributed by atoms with E-state index in [0.29, 0.717) is 5.56 Å². The number of aromatic amines is 1. The van der Waals surface area contributed by atoms with Gasteiger partial charge in [0.15, 0.2) is 0 Å². The third kappa shape index (κ3) is 2.12. The quantitative estimate of drug-likeness (QED) is 0.739. The molecule has 7 nitrogen and oxygen atoms in total. The summed E-state index contributed by atoms with van der Waals surface area (Å²) in [6.07, 6.45) is 2.45. The number of H-pyrrole nitrogens is 1. The standard InChI is InChI=1S/C11H13N3O4/c1-6(15)3-14-4-7-9(12-13-10(7)16)8(5-14)11(17)18-2/h4-6,15H,3H2,1-2H3,(H,13,16)/t6-/m0/s1. The second-order valence-corrected chi connectivity index (χ2v) is 4.02. The van der Waals surface area contributed by atoms with Gasteiger partial charge in [0.25, 0.3) is 5.56 Å². The van der Waals surface area contributed by atoms with Crippen LogP contribution in [0, 0.1) is 0 Å². The van der Waals surface area contributed by atoms with Gasteiger partial charge in [-0.15, -0.1) is 0 Å². The van der Waals surface area contributed by atoms with Crippen molar-refractivity contribution in [2.24, 2.45) is 0 Å². The number of aliphatic hydroxyl groups excluding tert-OH is 1. The first-order valence-electron chi connectivity index (χ1n) is 5.37. The maximum Gasteiger partial charge on any atom is 0.341 e. The van der Waals surface area contributed by atoms with E-state index in [2.05, 4.69) is 14.9 Å². The van der Waals surface area contributed by atoms with Gasteiger partial charge in [0, 0.05) is 18.9 Å². The second kappa shape index (κ2) is 4.61. The van der Waals surface area contributed by atoms with E-state index in [0.717, 1.165) is 0 Å². The summed E-state index contributed by atoms with van der Waals surface area (Å²) in [5.41, 5.74) is 0.372. The highest BCUT2D eigenvalue weighted by atomic mass is 16.5. The molecule has 1 atom stereocenters. The smallest absolute Gasteiger partial charge is 0.341 e. The largest absolute Gasteiger partial charge is 0.465 e. The van der Waals surface area contributed by atoms with Gasteiger partial charge in [-0.1, -0.05) is 0 Å². The molecule has 2 N–H and O–H groups in total. The van der Waals surface area contributed by atoms with E-state index >= 15 is 0 Å². The Morgan fingerprint density at radius 3 is 2.94 bits per heavy atom. The maximum absolute atomic E-state index is 11.6. The number of methoxy groups -OCH3 is 1. The van der Waals surface area contributed by atoms with Crippen molar-refractivity contribution in [3.63, 3.8) is 0 Å². The number of pyridine rings is 1. The first-order chi connectivity index (χ1) is 8.52. The molecule has 2 aliphatic rings. The number of nitrogens with zero attached hydrogens (tertiary/aromatic N) is 2. The molecule has 0 aromatic heterocycles. The fourth-order valence-electron chi connectivity index (χ4n) is 1.76. The van der Waals surface area contributed by atoms with Crippen LogP contribution in [0.25, 0.3) is 11.3 Å². The first-order valence-corrected chi connectivity index (χ1v) is 5.37. The molecule has 0 saturated heterocycles. The first kappa shape index (κ1) is 12.3. The SMILES string of the molecule is COC(=O)c1cn(C[C@H](C)O)cc2c(=O)[nH]nc1-2. The number of hydrogen-bond donors (Lipinski definition) is 2. The number of nitrogens with one attached hydrogen (secondary N) is 1. The van der Waals surface area contributed by atoms with Crippen molar-refractivity contribution in [3.05, 3.63) is 28.3 Å². The van der Waals surface area contributed by atoms with Gasteiger partial charge in [-0.2, -0.15) is 5.10 Å². The number of esters is 1.